The molecular formula is C18H24N2. The fourth-order valence-electron chi connectivity index (χ4n) is 2.46. The first-order valence-corrected chi connectivity index (χ1v) is 7.40. The van der Waals surface area contributed by atoms with Crippen LogP contribution in [0, 0.1) is 0 Å². The second kappa shape index (κ2) is 7.83. The van der Waals surface area contributed by atoms with E-state index in [4.69, 9.17) is 5.73 Å². The van der Waals surface area contributed by atoms with Gasteiger partial charge in [0.2, 0.25) is 0 Å². The molecule has 2 aromatic carbocycles. The molecule has 0 saturated carbocycles. The Balaban J connectivity index is 2.04. The lowest BCUT2D eigenvalue weighted by molar-refractivity contribution is 0.273. The van der Waals surface area contributed by atoms with Gasteiger partial charge in [0.1, 0.15) is 0 Å². The summed E-state index contributed by atoms with van der Waals surface area (Å²) < 4.78 is 0. The van der Waals surface area contributed by atoms with Crippen molar-refractivity contribution in [2.24, 2.45) is 5.73 Å². The third kappa shape index (κ3) is 4.19. The van der Waals surface area contributed by atoms with Gasteiger partial charge in [-0.2, -0.15) is 0 Å². The number of hydrogen-bond donors (Lipinski definition) is 1. The fraction of sp³-hybridized carbons (Fsp3) is 0.333. The van der Waals surface area contributed by atoms with Gasteiger partial charge < -0.3 is 5.73 Å². The maximum atomic E-state index is 5.67. The van der Waals surface area contributed by atoms with Gasteiger partial charge in [-0.15, -0.1) is 0 Å². The molecule has 0 bridgehead atoms. The molecule has 2 heteroatoms. The van der Waals surface area contributed by atoms with Crippen LogP contribution in [0.2, 0.25) is 0 Å². The van der Waals surface area contributed by atoms with Crippen molar-refractivity contribution in [3.05, 3.63) is 60.2 Å². The van der Waals surface area contributed by atoms with E-state index in [9.17, 15) is 0 Å². The van der Waals surface area contributed by atoms with E-state index in [-0.39, 0.29) is 0 Å². The zero-order chi connectivity index (χ0) is 14.2. The van der Waals surface area contributed by atoms with Crippen molar-refractivity contribution < 1.29 is 0 Å². The molecule has 0 aliphatic carbocycles. The topological polar surface area (TPSA) is 29.3 Å². The highest BCUT2D eigenvalue weighted by Gasteiger charge is 2.04. The van der Waals surface area contributed by atoms with E-state index in [1.165, 1.54) is 23.1 Å². The molecule has 0 saturated heterocycles. The first-order valence-electron chi connectivity index (χ1n) is 7.40. The van der Waals surface area contributed by atoms with Crippen molar-refractivity contribution in [1.82, 2.24) is 4.90 Å². The molecule has 0 aromatic heterocycles. The maximum absolute atomic E-state index is 5.67. The lowest BCUT2D eigenvalue weighted by atomic mass is 10.0. The molecule has 0 unspecified atom stereocenters. The zero-order valence-electron chi connectivity index (χ0n) is 12.3. The minimum atomic E-state index is 0.724. The van der Waals surface area contributed by atoms with Crippen molar-refractivity contribution in [3.63, 3.8) is 0 Å². The molecule has 0 spiro atoms. The van der Waals surface area contributed by atoms with E-state index >= 15 is 0 Å². The van der Waals surface area contributed by atoms with Crippen LogP contribution >= 0.6 is 0 Å². The summed E-state index contributed by atoms with van der Waals surface area (Å²) in [6, 6.07) is 19.4. The minimum Gasteiger partial charge on any atom is -0.329 e. The predicted octanol–water partition coefficient (Wildman–Crippen LogP) is 3.52. The van der Waals surface area contributed by atoms with Gasteiger partial charge in [0.25, 0.3) is 0 Å². The van der Waals surface area contributed by atoms with Crippen LogP contribution in [-0.4, -0.2) is 24.5 Å². The third-order valence-electron chi connectivity index (χ3n) is 3.45. The number of nitrogens with two attached hydrogens (primary N) is 1. The van der Waals surface area contributed by atoms with Crippen LogP contribution in [0.5, 0.6) is 0 Å². The summed E-state index contributed by atoms with van der Waals surface area (Å²) >= 11 is 0. The molecule has 2 N–H and O–H groups in total. The van der Waals surface area contributed by atoms with Gasteiger partial charge in [0, 0.05) is 19.6 Å². The van der Waals surface area contributed by atoms with Gasteiger partial charge in [-0.05, 0) is 29.7 Å². The summed E-state index contributed by atoms with van der Waals surface area (Å²) in [5.41, 5.74) is 9.57. The van der Waals surface area contributed by atoms with Crippen molar-refractivity contribution in [3.8, 4) is 11.1 Å². The SMILES string of the molecule is CCCN(CCN)Cc1ccc(-c2ccccc2)cc1. The smallest absolute Gasteiger partial charge is 0.0234 e. The molecule has 0 fully saturated rings. The minimum absolute atomic E-state index is 0.724. The van der Waals surface area contributed by atoms with Gasteiger partial charge in [-0.3, -0.25) is 4.90 Å². The zero-order valence-corrected chi connectivity index (χ0v) is 12.3. The molecule has 106 valence electrons. The second-order valence-corrected chi connectivity index (χ2v) is 5.13. The van der Waals surface area contributed by atoms with E-state index in [1.807, 2.05) is 6.07 Å². The van der Waals surface area contributed by atoms with E-state index in [1.54, 1.807) is 0 Å². The number of benzene rings is 2. The summed E-state index contributed by atoms with van der Waals surface area (Å²) in [5, 5.41) is 0. The molecule has 0 heterocycles. The molecule has 0 aliphatic heterocycles. The van der Waals surface area contributed by atoms with Gasteiger partial charge in [-0.25, -0.2) is 0 Å². The Morgan fingerprint density at radius 1 is 0.850 bits per heavy atom. The summed E-state index contributed by atoms with van der Waals surface area (Å²) in [5.74, 6) is 0. The molecule has 2 nitrogen and oxygen atoms in total. The molecule has 20 heavy (non-hydrogen) atoms. The Morgan fingerprint density at radius 3 is 2.10 bits per heavy atom. The van der Waals surface area contributed by atoms with Gasteiger partial charge in [0.15, 0.2) is 0 Å². The van der Waals surface area contributed by atoms with Gasteiger partial charge >= 0.3 is 0 Å². The Hall–Kier alpha value is -1.64. The maximum Gasteiger partial charge on any atom is 0.0234 e. The summed E-state index contributed by atoms with van der Waals surface area (Å²) in [7, 11) is 0. The molecular weight excluding hydrogens is 244 g/mol. The standard InChI is InChI=1S/C18H24N2/c1-2-13-20(14-12-19)15-16-8-10-18(11-9-16)17-6-4-3-5-7-17/h3-11H,2,12-15,19H2,1H3. The van der Waals surface area contributed by atoms with Gasteiger partial charge in [0.05, 0.1) is 0 Å². The highest BCUT2D eigenvalue weighted by Crippen LogP contribution is 2.19. The van der Waals surface area contributed by atoms with Crippen molar-refractivity contribution in [2.45, 2.75) is 19.9 Å². The lowest BCUT2D eigenvalue weighted by Gasteiger charge is -2.21. The van der Waals surface area contributed by atoms with Crippen molar-refractivity contribution >= 4 is 0 Å². The molecule has 2 aromatic rings. The predicted molar refractivity (Wildman–Crippen MR) is 86.5 cm³/mol. The van der Waals surface area contributed by atoms with Crippen LogP contribution in [0.15, 0.2) is 54.6 Å². The molecule has 0 amide bonds. The van der Waals surface area contributed by atoms with Crippen LogP contribution in [0.3, 0.4) is 0 Å². The average molecular weight is 268 g/mol. The van der Waals surface area contributed by atoms with Crippen LogP contribution in [0.4, 0.5) is 0 Å². The number of nitrogens with zero attached hydrogens (tertiary/aromatic N) is 1. The first kappa shape index (κ1) is 14.8. The van der Waals surface area contributed by atoms with Crippen molar-refractivity contribution in [2.75, 3.05) is 19.6 Å². The highest BCUT2D eigenvalue weighted by atomic mass is 15.1. The largest absolute Gasteiger partial charge is 0.329 e. The van der Waals surface area contributed by atoms with Crippen LogP contribution < -0.4 is 5.73 Å². The Morgan fingerprint density at radius 2 is 1.50 bits per heavy atom. The van der Waals surface area contributed by atoms with Crippen LogP contribution in [0.25, 0.3) is 11.1 Å². The lowest BCUT2D eigenvalue weighted by Crippen LogP contribution is -2.29. The average Bonchev–Trinajstić information content (AvgIpc) is 2.49. The van der Waals surface area contributed by atoms with E-state index in [0.717, 1.165) is 26.2 Å². The number of hydrogen-bond acceptors (Lipinski definition) is 2. The second-order valence-electron chi connectivity index (χ2n) is 5.13. The first-order chi connectivity index (χ1) is 9.83. The van der Waals surface area contributed by atoms with Crippen molar-refractivity contribution in [1.29, 1.82) is 0 Å². The summed E-state index contributed by atoms with van der Waals surface area (Å²) in [4.78, 5) is 2.41. The molecule has 0 radical (unpaired) electrons. The molecule has 0 aliphatic rings. The Labute approximate surface area is 122 Å². The van der Waals surface area contributed by atoms with Crippen LogP contribution in [-0.2, 0) is 6.54 Å². The van der Waals surface area contributed by atoms with E-state index in [0.29, 0.717) is 0 Å². The third-order valence-corrected chi connectivity index (χ3v) is 3.45. The highest BCUT2D eigenvalue weighted by molar-refractivity contribution is 5.63. The summed E-state index contributed by atoms with van der Waals surface area (Å²) in [6.07, 6.45) is 1.17. The van der Waals surface area contributed by atoms with Crippen LogP contribution in [0.1, 0.15) is 18.9 Å². The van der Waals surface area contributed by atoms with E-state index < -0.39 is 0 Å². The fourth-order valence-corrected chi connectivity index (χ4v) is 2.46. The quantitative estimate of drug-likeness (QED) is 0.832. The molecule has 0 atom stereocenters. The van der Waals surface area contributed by atoms with Gasteiger partial charge in [-0.1, -0.05) is 61.5 Å². The van der Waals surface area contributed by atoms with E-state index in [2.05, 4.69) is 60.4 Å². The Kier molecular flexibility index (Phi) is 5.78. The molecule has 2 rings (SSSR count). The summed E-state index contributed by atoms with van der Waals surface area (Å²) in [6.45, 7) is 6.00. The monoisotopic (exact) mass is 268 g/mol. The normalized spacial score (nSPS) is 10.9. The Bertz CT molecular complexity index is 485. The number of rotatable bonds is 7.